The molecule has 238 valence electrons. The largest absolute Gasteiger partial charge is 0.492 e. The zero-order valence-corrected chi connectivity index (χ0v) is 27.0. The number of ether oxygens (including phenoxy) is 3. The predicted molar refractivity (Wildman–Crippen MR) is 159 cm³/mol. The van der Waals surface area contributed by atoms with E-state index in [1.165, 1.54) is 41.7 Å². The molecule has 13 nitrogen and oxygen atoms in total. The highest BCUT2D eigenvalue weighted by atomic mass is 79.9. The van der Waals surface area contributed by atoms with Gasteiger partial charge in [-0.1, -0.05) is 22.0 Å². The minimum atomic E-state index is -3.84. The fourth-order valence-corrected chi connectivity index (χ4v) is 7.97. The number of hydrogen-bond donors (Lipinski definition) is 3. The van der Waals surface area contributed by atoms with Crippen molar-refractivity contribution in [1.82, 2.24) is 13.9 Å². The van der Waals surface area contributed by atoms with E-state index in [1.54, 1.807) is 19.1 Å². The van der Waals surface area contributed by atoms with Gasteiger partial charge in [0.2, 0.25) is 20.0 Å². The van der Waals surface area contributed by atoms with Crippen molar-refractivity contribution < 1.29 is 46.1 Å². The lowest BCUT2D eigenvalue weighted by molar-refractivity contribution is -0.0319. The summed E-state index contributed by atoms with van der Waals surface area (Å²) in [6.07, 6.45) is -1.31. The molecule has 0 aromatic heterocycles. The molecule has 0 aliphatic carbocycles. The van der Waals surface area contributed by atoms with E-state index in [4.69, 9.17) is 14.2 Å². The fourth-order valence-electron chi connectivity index (χ4n) is 5.31. The first-order chi connectivity index (χ1) is 20.3. The van der Waals surface area contributed by atoms with Gasteiger partial charge in [0.15, 0.2) is 0 Å². The minimum Gasteiger partial charge on any atom is -0.492 e. The van der Waals surface area contributed by atoms with E-state index < -0.39 is 43.9 Å². The minimum absolute atomic E-state index is 0.00650. The Balaban J connectivity index is 1.35. The molecule has 2 saturated heterocycles. The Bertz CT molecular complexity index is 1510. The summed E-state index contributed by atoms with van der Waals surface area (Å²) in [5.41, 5.74) is -0.687. The monoisotopic (exact) mass is 705 g/mol. The highest BCUT2D eigenvalue weighted by Crippen LogP contribution is 2.40. The summed E-state index contributed by atoms with van der Waals surface area (Å²) in [7, 11) is -6.23. The second-order valence-electron chi connectivity index (χ2n) is 10.4. The molecule has 3 N–H and O–H groups in total. The molecule has 4 rings (SSSR count). The average molecular weight is 707 g/mol. The molecular formula is C27H36BrN3O10S2. The number of aliphatic hydroxyl groups is 1. The van der Waals surface area contributed by atoms with Crippen LogP contribution in [0.3, 0.4) is 0 Å². The van der Waals surface area contributed by atoms with Crippen molar-refractivity contribution in [2.75, 3.05) is 46.5 Å². The maximum Gasteiger partial charge on any atom is 0.407 e. The van der Waals surface area contributed by atoms with E-state index in [1.807, 2.05) is 0 Å². The van der Waals surface area contributed by atoms with E-state index in [0.717, 1.165) is 4.90 Å². The van der Waals surface area contributed by atoms with Crippen LogP contribution in [0.4, 0.5) is 4.79 Å². The standard InChI is InChI=1S/C27H36BrN3O10S2/c1-3-39-24-13-19(28)7-8-25(24)43(37,38)30-11-9-27(10-12-30)15-20(17-41-27)31(26(33)34)16-21(32)18-40-22-5-4-6-23(14-22)42(35,36)29-2/h4-8,13-14,20-21,29,32H,3,9-12,15-18H2,1-2H3,(H,33,34)/t20-,21-/m0/s1. The molecular weight excluding hydrogens is 670 g/mol. The first-order valence-corrected chi connectivity index (χ1v) is 17.4. The van der Waals surface area contributed by atoms with Crippen molar-refractivity contribution in [3.05, 3.63) is 46.9 Å². The molecule has 2 fully saturated rings. The maximum atomic E-state index is 13.5. The highest BCUT2D eigenvalue weighted by molar-refractivity contribution is 9.10. The van der Waals surface area contributed by atoms with Crippen molar-refractivity contribution in [3.63, 3.8) is 0 Å². The van der Waals surface area contributed by atoms with Gasteiger partial charge in [0.25, 0.3) is 0 Å². The molecule has 0 bridgehead atoms. The van der Waals surface area contributed by atoms with Gasteiger partial charge in [-0.25, -0.2) is 26.4 Å². The fraction of sp³-hybridized carbons (Fsp3) is 0.519. The molecule has 2 aromatic carbocycles. The number of halogens is 1. The van der Waals surface area contributed by atoms with Gasteiger partial charge in [0.05, 0.1) is 36.3 Å². The van der Waals surface area contributed by atoms with Gasteiger partial charge in [-0.15, -0.1) is 0 Å². The third-order valence-corrected chi connectivity index (χ3v) is 11.4. The van der Waals surface area contributed by atoms with Crippen molar-refractivity contribution in [2.45, 2.75) is 53.7 Å². The quantitative estimate of drug-likeness (QED) is 0.298. The summed E-state index contributed by atoms with van der Waals surface area (Å²) in [6, 6.07) is 9.98. The van der Waals surface area contributed by atoms with Crippen LogP contribution >= 0.6 is 15.9 Å². The maximum absolute atomic E-state index is 13.5. The van der Waals surface area contributed by atoms with E-state index in [2.05, 4.69) is 20.7 Å². The van der Waals surface area contributed by atoms with Gasteiger partial charge in [-0.05, 0) is 63.6 Å². The topological polar surface area (TPSA) is 172 Å². The zero-order valence-electron chi connectivity index (χ0n) is 23.8. The molecule has 2 aliphatic heterocycles. The Morgan fingerprint density at radius 2 is 1.91 bits per heavy atom. The number of rotatable bonds is 12. The number of piperidine rings is 1. The number of benzene rings is 2. The van der Waals surface area contributed by atoms with Gasteiger partial charge < -0.3 is 29.3 Å². The van der Waals surface area contributed by atoms with Gasteiger partial charge in [-0.2, -0.15) is 4.31 Å². The van der Waals surface area contributed by atoms with E-state index >= 15 is 0 Å². The van der Waals surface area contributed by atoms with Gasteiger partial charge in [-0.3, -0.25) is 0 Å². The summed E-state index contributed by atoms with van der Waals surface area (Å²) >= 11 is 3.35. The summed E-state index contributed by atoms with van der Waals surface area (Å²) in [5.74, 6) is 0.475. The molecule has 43 heavy (non-hydrogen) atoms. The van der Waals surface area contributed by atoms with Crippen molar-refractivity contribution >= 4 is 42.1 Å². The Kier molecular flexibility index (Phi) is 10.6. The molecule has 1 amide bonds. The summed E-state index contributed by atoms with van der Waals surface area (Å²) in [5, 5.41) is 20.5. The molecule has 1 spiro atoms. The average Bonchev–Trinajstić information content (AvgIpc) is 3.37. The van der Waals surface area contributed by atoms with Crippen molar-refractivity contribution in [2.24, 2.45) is 0 Å². The molecule has 0 unspecified atom stereocenters. The van der Waals surface area contributed by atoms with Crippen LogP contribution in [-0.4, -0.2) is 107 Å². The number of aliphatic hydroxyl groups excluding tert-OH is 1. The third-order valence-electron chi connectivity index (χ3n) is 7.57. The van der Waals surface area contributed by atoms with Crippen LogP contribution in [0.15, 0.2) is 56.7 Å². The van der Waals surface area contributed by atoms with E-state index in [-0.39, 0.29) is 54.1 Å². The Hall–Kier alpha value is -2.47. The number of nitrogens with zero attached hydrogens (tertiary/aromatic N) is 2. The zero-order chi connectivity index (χ0) is 31.4. The second-order valence-corrected chi connectivity index (χ2v) is 15.1. The number of carbonyl (C=O) groups is 1. The molecule has 2 aliphatic rings. The van der Waals surface area contributed by atoms with E-state index in [0.29, 0.717) is 30.3 Å². The number of nitrogens with one attached hydrogen (secondary N) is 1. The molecule has 16 heteroatoms. The SMILES string of the molecule is CCOc1cc(Br)ccc1S(=O)(=O)N1CCC2(CC1)C[C@H](N(C[C@H](O)COc1cccc(S(=O)(=O)NC)c1)C(=O)O)CO2. The smallest absolute Gasteiger partial charge is 0.407 e. The predicted octanol–water partition coefficient (Wildman–Crippen LogP) is 2.49. The Labute approximate surface area is 260 Å². The summed E-state index contributed by atoms with van der Waals surface area (Å²) < 4.78 is 72.5. The van der Waals surface area contributed by atoms with Crippen molar-refractivity contribution in [1.29, 1.82) is 0 Å². The van der Waals surface area contributed by atoms with Crippen LogP contribution < -0.4 is 14.2 Å². The Morgan fingerprint density at radius 1 is 1.19 bits per heavy atom. The first kappa shape index (κ1) is 33.4. The van der Waals surface area contributed by atoms with E-state index in [9.17, 15) is 31.8 Å². The van der Waals surface area contributed by atoms with Gasteiger partial charge >= 0.3 is 6.09 Å². The van der Waals surface area contributed by atoms with Crippen LogP contribution in [0.5, 0.6) is 11.5 Å². The molecule has 2 heterocycles. The van der Waals surface area contributed by atoms with Crippen LogP contribution in [-0.2, 0) is 24.8 Å². The molecule has 0 saturated carbocycles. The first-order valence-electron chi connectivity index (χ1n) is 13.7. The van der Waals surface area contributed by atoms with Crippen LogP contribution in [0.1, 0.15) is 26.2 Å². The van der Waals surface area contributed by atoms with Gasteiger partial charge in [0.1, 0.15) is 29.1 Å². The highest BCUT2D eigenvalue weighted by Gasteiger charge is 2.47. The molecule has 0 radical (unpaired) electrons. The second kappa shape index (κ2) is 13.7. The Morgan fingerprint density at radius 3 is 2.56 bits per heavy atom. The summed E-state index contributed by atoms with van der Waals surface area (Å²) in [4.78, 5) is 13.3. The number of carboxylic acid groups (broad SMARTS) is 1. The lowest BCUT2D eigenvalue weighted by Crippen LogP contribution is -2.48. The number of sulfonamides is 2. The van der Waals surface area contributed by atoms with Crippen LogP contribution in [0.25, 0.3) is 0 Å². The lowest BCUT2D eigenvalue weighted by Gasteiger charge is -2.38. The van der Waals surface area contributed by atoms with Crippen molar-refractivity contribution in [3.8, 4) is 11.5 Å². The van der Waals surface area contributed by atoms with Crippen LogP contribution in [0, 0.1) is 0 Å². The normalized spacial score (nSPS) is 19.7. The summed E-state index contributed by atoms with van der Waals surface area (Å²) in [6.45, 7) is 2.08. The lowest BCUT2D eigenvalue weighted by atomic mass is 9.88. The third kappa shape index (κ3) is 7.79. The van der Waals surface area contributed by atoms with Gasteiger partial charge in [0, 0.05) is 23.6 Å². The molecule has 2 atom stereocenters. The number of amides is 1. The number of hydrogen-bond acceptors (Lipinski definition) is 9. The van der Waals surface area contributed by atoms with Crippen LogP contribution in [0.2, 0.25) is 0 Å². The molecule has 2 aromatic rings.